The van der Waals surface area contributed by atoms with Crippen molar-refractivity contribution in [3.63, 3.8) is 0 Å². The molecule has 0 saturated carbocycles. The summed E-state index contributed by atoms with van der Waals surface area (Å²) in [5.74, 6) is -0.102. The van der Waals surface area contributed by atoms with Crippen LogP contribution in [0, 0.1) is 0 Å². The third-order valence-corrected chi connectivity index (χ3v) is 4.09. The Morgan fingerprint density at radius 3 is 2.67 bits per heavy atom. The molecule has 0 aromatic heterocycles. The second-order valence-corrected chi connectivity index (χ2v) is 5.88. The molecule has 0 radical (unpaired) electrons. The molecule has 108 valence electrons. The number of carbonyl (C=O) groups is 1. The van der Waals surface area contributed by atoms with Crippen LogP contribution in [0.1, 0.15) is 27.9 Å². The fourth-order valence-corrected chi connectivity index (χ4v) is 2.79. The maximum atomic E-state index is 12.3. The first kappa shape index (κ1) is 14.1. The van der Waals surface area contributed by atoms with E-state index >= 15 is 0 Å². The predicted octanol–water partition coefficient (Wildman–Crippen LogP) is 3.41. The Labute approximate surface area is 129 Å². The molecule has 0 fully saturated rings. The molecule has 2 aromatic rings. The van der Waals surface area contributed by atoms with Gasteiger partial charge in [0.05, 0.1) is 0 Å². The lowest BCUT2D eigenvalue weighted by molar-refractivity contribution is 0.102. The number of nitrogens with two attached hydrogens (primary N) is 1. The lowest BCUT2D eigenvalue weighted by Gasteiger charge is -2.21. The highest BCUT2D eigenvalue weighted by Crippen LogP contribution is 2.22. The van der Waals surface area contributed by atoms with Crippen LogP contribution >= 0.6 is 11.6 Å². The third kappa shape index (κ3) is 3.26. The van der Waals surface area contributed by atoms with Gasteiger partial charge in [0.2, 0.25) is 0 Å². The molecular weight excluding hydrogens is 284 g/mol. The SMILES string of the molecule is NC1CCc2cc(C(=O)Nc3ccc(Cl)cc3)ccc2C1. The quantitative estimate of drug-likeness (QED) is 0.893. The predicted molar refractivity (Wildman–Crippen MR) is 85.8 cm³/mol. The highest BCUT2D eigenvalue weighted by molar-refractivity contribution is 6.30. The number of halogens is 1. The van der Waals surface area contributed by atoms with Crippen LogP contribution in [0.15, 0.2) is 42.5 Å². The van der Waals surface area contributed by atoms with E-state index in [2.05, 4.69) is 5.32 Å². The van der Waals surface area contributed by atoms with Gasteiger partial charge in [0.1, 0.15) is 0 Å². The van der Waals surface area contributed by atoms with Crippen molar-refractivity contribution in [3.8, 4) is 0 Å². The van der Waals surface area contributed by atoms with Crippen molar-refractivity contribution < 1.29 is 4.79 Å². The summed E-state index contributed by atoms with van der Waals surface area (Å²) >= 11 is 5.83. The topological polar surface area (TPSA) is 55.1 Å². The van der Waals surface area contributed by atoms with Gasteiger partial charge in [-0.3, -0.25) is 4.79 Å². The van der Waals surface area contributed by atoms with E-state index in [9.17, 15) is 4.79 Å². The minimum Gasteiger partial charge on any atom is -0.327 e. The summed E-state index contributed by atoms with van der Waals surface area (Å²) in [4.78, 5) is 12.3. The molecular formula is C17H17ClN2O. The molecule has 0 spiro atoms. The lowest BCUT2D eigenvalue weighted by Crippen LogP contribution is -2.28. The monoisotopic (exact) mass is 300 g/mol. The van der Waals surface area contributed by atoms with E-state index in [4.69, 9.17) is 17.3 Å². The van der Waals surface area contributed by atoms with Gasteiger partial charge in [-0.1, -0.05) is 17.7 Å². The molecule has 4 heteroatoms. The summed E-state index contributed by atoms with van der Waals surface area (Å²) in [5.41, 5.74) is 9.89. The number of rotatable bonds is 2. The van der Waals surface area contributed by atoms with E-state index in [1.54, 1.807) is 24.3 Å². The van der Waals surface area contributed by atoms with Crippen LogP contribution in [0.2, 0.25) is 5.02 Å². The summed E-state index contributed by atoms with van der Waals surface area (Å²) in [7, 11) is 0. The summed E-state index contributed by atoms with van der Waals surface area (Å²) in [6.07, 6.45) is 2.82. The van der Waals surface area contributed by atoms with Crippen molar-refractivity contribution in [2.45, 2.75) is 25.3 Å². The average Bonchev–Trinajstić information content (AvgIpc) is 2.49. The van der Waals surface area contributed by atoms with E-state index in [0.717, 1.165) is 24.9 Å². The van der Waals surface area contributed by atoms with Gasteiger partial charge in [0.15, 0.2) is 0 Å². The summed E-state index contributed by atoms with van der Waals surface area (Å²) in [6.45, 7) is 0. The van der Waals surface area contributed by atoms with Crippen molar-refractivity contribution in [2.75, 3.05) is 5.32 Å². The van der Waals surface area contributed by atoms with Crippen LogP contribution in [0.25, 0.3) is 0 Å². The largest absolute Gasteiger partial charge is 0.327 e. The second-order valence-electron chi connectivity index (χ2n) is 5.45. The first-order valence-corrected chi connectivity index (χ1v) is 7.44. The lowest BCUT2D eigenvalue weighted by atomic mass is 9.87. The van der Waals surface area contributed by atoms with Crippen LogP contribution < -0.4 is 11.1 Å². The average molecular weight is 301 g/mol. The van der Waals surface area contributed by atoms with Crippen molar-refractivity contribution >= 4 is 23.2 Å². The minimum absolute atomic E-state index is 0.102. The normalized spacial score (nSPS) is 17.1. The molecule has 3 rings (SSSR count). The Morgan fingerprint density at radius 2 is 1.90 bits per heavy atom. The molecule has 2 aromatic carbocycles. The van der Waals surface area contributed by atoms with E-state index in [0.29, 0.717) is 10.6 Å². The Morgan fingerprint density at radius 1 is 1.14 bits per heavy atom. The molecule has 0 heterocycles. The van der Waals surface area contributed by atoms with Crippen LogP contribution in [-0.2, 0) is 12.8 Å². The van der Waals surface area contributed by atoms with Gasteiger partial charge in [-0.25, -0.2) is 0 Å². The van der Waals surface area contributed by atoms with Crippen molar-refractivity contribution in [2.24, 2.45) is 5.73 Å². The summed E-state index contributed by atoms with van der Waals surface area (Å²) in [6, 6.07) is 13.2. The zero-order valence-corrected chi connectivity index (χ0v) is 12.4. The summed E-state index contributed by atoms with van der Waals surface area (Å²) < 4.78 is 0. The molecule has 1 aliphatic rings. The Hall–Kier alpha value is -1.84. The molecule has 1 unspecified atom stereocenters. The van der Waals surface area contributed by atoms with Gasteiger partial charge in [0, 0.05) is 22.3 Å². The molecule has 1 aliphatic carbocycles. The van der Waals surface area contributed by atoms with Gasteiger partial charge in [-0.2, -0.15) is 0 Å². The number of anilines is 1. The molecule has 0 saturated heterocycles. The maximum Gasteiger partial charge on any atom is 0.255 e. The van der Waals surface area contributed by atoms with Crippen molar-refractivity contribution in [1.29, 1.82) is 0 Å². The standard InChI is InChI=1S/C17H17ClN2O/c18-14-4-7-16(8-5-14)20-17(21)13-2-1-12-10-15(19)6-3-11(12)9-13/h1-2,4-5,7-9,15H,3,6,10,19H2,(H,20,21). The first-order chi connectivity index (χ1) is 10.1. The third-order valence-electron chi connectivity index (χ3n) is 3.84. The second kappa shape index (κ2) is 5.88. The van der Waals surface area contributed by atoms with Crippen LogP contribution in [0.5, 0.6) is 0 Å². The molecule has 1 atom stereocenters. The minimum atomic E-state index is -0.102. The highest BCUT2D eigenvalue weighted by atomic mass is 35.5. The number of amides is 1. The van der Waals surface area contributed by atoms with E-state index < -0.39 is 0 Å². The number of fused-ring (bicyclic) bond motifs is 1. The highest BCUT2D eigenvalue weighted by Gasteiger charge is 2.17. The van der Waals surface area contributed by atoms with Gasteiger partial charge in [0.25, 0.3) is 5.91 Å². The first-order valence-electron chi connectivity index (χ1n) is 7.06. The zero-order valence-electron chi connectivity index (χ0n) is 11.6. The van der Waals surface area contributed by atoms with Crippen LogP contribution in [0.3, 0.4) is 0 Å². The van der Waals surface area contributed by atoms with Gasteiger partial charge in [-0.15, -0.1) is 0 Å². The van der Waals surface area contributed by atoms with E-state index in [1.807, 2.05) is 18.2 Å². The number of hydrogen-bond acceptors (Lipinski definition) is 2. The van der Waals surface area contributed by atoms with Gasteiger partial charge >= 0.3 is 0 Å². The number of carbonyl (C=O) groups excluding carboxylic acids is 1. The number of benzene rings is 2. The van der Waals surface area contributed by atoms with Crippen molar-refractivity contribution in [3.05, 3.63) is 64.2 Å². The fraction of sp³-hybridized carbons (Fsp3) is 0.235. The van der Waals surface area contributed by atoms with Gasteiger partial charge in [-0.05, 0) is 66.8 Å². The summed E-state index contributed by atoms with van der Waals surface area (Å²) in [5, 5.41) is 3.53. The van der Waals surface area contributed by atoms with E-state index in [-0.39, 0.29) is 11.9 Å². The van der Waals surface area contributed by atoms with Crippen LogP contribution in [0.4, 0.5) is 5.69 Å². The Kier molecular flexibility index (Phi) is 3.95. The molecule has 0 aliphatic heterocycles. The Bertz CT molecular complexity index is 667. The zero-order chi connectivity index (χ0) is 14.8. The van der Waals surface area contributed by atoms with E-state index in [1.165, 1.54) is 11.1 Å². The maximum absolute atomic E-state index is 12.3. The van der Waals surface area contributed by atoms with Crippen LogP contribution in [-0.4, -0.2) is 11.9 Å². The fourth-order valence-electron chi connectivity index (χ4n) is 2.66. The number of hydrogen-bond donors (Lipinski definition) is 2. The molecule has 1 amide bonds. The van der Waals surface area contributed by atoms with Crippen molar-refractivity contribution in [1.82, 2.24) is 0 Å². The molecule has 21 heavy (non-hydrogen) atoms. The number of nitrogens with one attached hydrogen (secondary N) is 1. The number of aryl methyl sites for hydroxylation is 1. The molecule has 3 N–H and O–H groups in total. The van der Waals surface area contributed by atoms with Gasteiger partial charge < -0.3 is 11.1 Å². The smallest absolute Gasteiger partial charge is 0.255 e. The molecule has 0 bridgehead atoms. The molecule has 3 nitrogen and oxygen atoms in total. The Balaban J connectivity index is 1.77.